The second kappa shape index (κ2) is 5.92. The Morgan fingerprint density at radius 1 is 1.48 bits per heavy atom. The van der Waals surface area contributed by atoms with Crippen LogP contribution in [0.5, 0.6) is 0 Å². The number of halogens is 1. The highest BCUT2D eigenvalue weighted by Crippen LogP contribution is 2.27. The molecular weight excluding hydrogens is 340 g/mol. The van der Waals surface area contributed by atoms with E-state index in [0.29, 0.717) is 23.5 Å². The van der Waals surface area contributed by atoms with Crippen molar-refractivity contribution >= 4 is 22.0 Å². The van der Waals surface area contributed by atoms with Crippen LogP contribution in [0.15, 0.2) is 4.60 Å². The lowest BCUT2D eigenvalue weighted by Crippen LogP contribution is -2.36. The molecular formula is C13H21BrN4O3. The molecule has 1 amide bonds. The van der Waals surface area contributed by atoms with Crippen molar-refractivity contribution in [3.05, 3.63) is 10.3 Å². The summed E-state index contributed by atoms with van der Waals surface area (Å²) in [6, 6.07) is -0.0712. The minimum Gasteiger partial charge on any atom is -0.444 e. The van der Waals surface area contributed by atoms with E-state index in [0.717, 1.165) is 0 Å². The third-order valence-corrected chi connectivity index (χ3v) is 3.78. The van der Waals surface area contributed by atoms with Gasteiger partial charge in [-0.3, -0.25) is 0 Å². The Morgan fingerprint density at radius 3 is 2.57 bits per heavy atom. The fourth-order valence-corrected chi connectivity index (χ4v) is 2.34. The lowest BCUT2D eigenvalue weighted by atomic mass is 10.2. The molecule has 0 N–H and O–H groups in total. The fourth-order valence-electron chi connectivity index (χ4n) is 1.77. The Labute approximate surface area is 132 Å². The van der Waals surface area contributed by atoms with E-state index in [9.17, 15) is 4.79 Å². The Kier molecular flexibility index (Phi) is 4.57. The van der Waals surface area contributed by atoms with Crippen molar-refractivity contribution in [2.75, 3.05) is 20.3 Å². The molecule has 1 atom stereocenters. The molecule has 0 saturated carbocycles. The van der Waals surface area contributed by atoms with Gasteiger partial charge in [0.25, 0.3) is 0 Å². The van der Waals surface area contributed by atoms with Gasteiger partial charge in [-0.2, -0.15) is 9.90 Å². The zero-order valence-corrected chi connectivity index (χ0v) is 14.5. The van der Waals surface area contributed by atoms with Crippen LogP contribution in [0.4, 0.5) is 4.79 Å². The van der Waals surface area contributed by atoms with Crippen LogP contribution < -0.4 is 0 Å². The molecule has 2 rings (SSSR count). The summed E-state index contributed by atoms with van der Waals surface area (Å²) in [5, 5.41) is 8.79. The first-order valence-corrected chi connectivity index (χ1v) is 7.64. The fraction of sp³-hybridized carbons (Fsp3) is 0.769. The highest BCUT2D eigenvalue weighted by molar-refractivity contribution is 9.10. The molecule has 0 aromatic carbocycles. The minimum atomic E-state index is -0.525. The summed E-state index contributed by atoms with van der Waals surface area (Å²) in [4.78, 5) is 15.3. The zero-order valence-electron chi connectivity index (χ0n) is 13.0. The van der Waals surface area contributed by atoms with Gasteiger partial charge in [-0.15, -0.1) is 5.10 Å². The van der Waals surface area contributed by atoms with Gasteiger partial charge in [-0.05, 0) is 43.6 Å². The van der Waals surface area contributed by atoms with Gasteiger partial charge < -0.3 is 14.4 Å². The summed E-state index contributed by atoms with van der Waals surface area (Å²) in [5.41, 5.74) is 0.179. The van der Waals surface area contributed by atoms with Gasteiger partial charge in [0.15, 0.2) is 4.60 Å². The van der Waals surface area contributed by atoms with Crippen LogP contribution in [0.25, 0.3) is 0 Å². The molecule has 0 spiro atoms. The van der Waals surface area contributed by atoms with E-state index in [1.54, 1.807) is 11.8 Å². The molecule has 7 nitrogen and oxygen atoms in total. The number of amides is 1. The van der Waals surface area contributed by atoms with Gasteiger partial charge in [-0.1, -0.05) is 0 Å². The molecule has 1 aromatic rings. The highest BCUT2D eigenvalue weighted by Gasteiger charge is 2.29. The summed E-state index contributed by atoms with van der Waals surface area (Å²) in [6.07, 6.45) is -0.386. The maximum atomic E-state index is 12.1. The Hall–Kier alpha value is -1.15. The molecule has 1 aliphatic rings. The predicted molar refractivity (Wildman–Crippen MR) is 80.0 cm³/mol. The van der Waals surface area contributed by atoms with E-state index in [1.807, 2.05) is 27.7 Å². The van der Waals surface area contributed by atoms with Crippen molar-refractivity contribution in [3.63, 3.8) is 0 Å². The van der Waals surface area contributed by atoms with E-state index in [4.69, 9.17) is 9.47 Å². The molecule has 1 fully saturated rings. The molecule has 0 aliphatic carbocycles. The second-order valence-electron chi connectivity index (χ2n) is 6.15. The molecule has 2 heterocycles. The van der Waals surface area contributed by atoms with Crippen LogP contribution in [-0.4, -0.2) is 51.8 Å². The number of carbonyl (C=O) groups is 1. The first kappa shape index (κ1) is 16.2. The molecule has 118 valence electrons. The third-order valence-electron chi connectivity index (χ3n) is 3.22. The number of rotatable bonds is 3. The number of aromatic nitrogens is 3. The van der Waals surface area contributed by atoms with Crippen LogP contribution in [-0.2, 0) is 9.47 Å². The maximum Gasteiger partial charge on any atom is 0.410 e. The van der Waals surface area contributed by atoms with Gasteiger partial charge >= 0.3 is 6.09 Å². The minimum absolute atomic E-state index is 0.175. The first-order chi connectivity index (χ1) is 9.69. The highest BCUT2D eigenvalue weighted by atomic mass is 79.9. The van der Waals surface area contributed by atoms with Gasteiger partial charge in [0.2, 0.25) is 0 Å². The van der Waals surface area contributed by atoms with Crippen molar-refractivity contribution in [2.24, 2.45) is 0 Å². The lowest BCUT2D eigenvalue weighted by molar-refractivity contribution is -0.0352. The van der Waals surface area contributed by atoms with E-state index in [1.165, 1.54) is 4.90 Å². The molecule has 1 aromatic heterocycles. The Bertz CT molecular complexity index is 522. The smallest absolute Gasteiger partial charge is 0.410 e. The van der Waals surface area contributed by atoms with Crippen LogP contribution in [0.1, 0.15) is 45.5 Å². The predicted octanol–water partition coefficient (Wildman–Crippen LogP) is 2.54. The largest absolute Gasteiger partial charge is 0.444 e. The topological polar surface area (TPSA) is 69.5 Å². The molecule has 1 saturated heterocycles. The number of ether oxygens (including phenoxy) is 2. The number of hydrogen-bond acceptors (Lipinski definition) is 5. The van der Waals surface area contributed by atoms with Gasteiger partial charge in [0.1, 0.15) is 17.3 Å². The van der Waals surface area contributed by atoms with Gasteiger partial charge in [0.05, 0.1) is 19.3 Å². The summed E-state index contributed by atoms with van der Waals surface area (Å²) in [5.74, 6) is 0. The summed E-state index contributed by atoms with van der Waals surface area (Å²) in [7, 11) is 1.69. The first-order valence-electron chi connectivity index (χ1n) is 6.85. The molecule has 0 bridgehead atoms. The number of nitrogens with zero attached hydrogens (tertiary/aromatic N) is 4. The molecule has 1 unspecified atom stereocenters. The number of carbonyl (C=O) groups excluding carboxylic acids is 1. The lowest BCUT2D eigenvalue weighted by Gasteiger charge is -2.28. The van der Waals surface area contributed by atoms with E-state index < -0.39 is 5.60 Å². The zero-order chi connectivity index (χ0) is 15.8. The Morgan fingerprint density at radius 2 is 2.10 bits per heavy atom. The number of hydrogen-bond donors (Lipinski definition) is 0. The molecule has 21 heavy (non-hydrogen) atoms. The van der Waals surface area contributed by atoms with Gasteiger partial charge in [-0.25, -0.2) is 4.79 Å². The van der Waals surface area contributed by atoms with Crippen LogP contribution in [0.3, 0.4) is 0 Å². The average Bonchev–Trinajstić information content (AvgIpc) is 2.64. The van der Waals surface area contributed by atoms with Crippen molar-refractivity contribution in [3.8, 4) is 0 Å². The van der Waals surface area contributed by atoms with Crippen LogP contribution in [0, 0.1) is 0 Å². The monoisotopic (exact) mass is 360 g/mol. The van der Waals surface area contributed by atoms with Crippen molar-refractivity contribution in [1.29, 1.82) is 0 Å². The molecule has 0 radical (unpaired) electrons. The van der Waals surface area contributed by atoms with Crippen LogP contribution in [0.2, 0.25) is 0 Å². The summed E-state index contributed by atoms with van der Waals surface area (Å²) >= 11 is 3.40. The summed E-state index contributed by atoms with van der Waals surface area (Å²) in [6.45, 7) is 8.65. The summed E-state index contributed by atoms with van der Waals surface area (Å²) < 4.78 is 11.1. The quantitative estimate of drug-likeness (QED) is 0.828. The van der Waals surface area contributed by atoms with Gasteiger partial charge in [0, 0.05) is 7.05 Å². The third kappa shape index (κ3) is 3.74. The normalized spacial score (nSPS) is 17.2. The van der Waals surface area contributed by atoms with E-state index in [-0.39, 0.29) is 18.2 Å². The SMILES string of the molecule is CC(c1nn(C2COC2)nc1Br)N(C)C(=O)OC(C)(C)C. The van der Waals surface area contributed by atoms with Crippen molar-refractivity contribution < 1.29 is 14.3 Å². The second-order valence-corrected chi connectivity index (χ2v) is 6.91. The Balaban J connectivity index is 2.09. The molecule has 8 heteroatoms. The van der Waals surface area contributed by atoms with Crippen LogP contribution >= 0.6 is 15.9 Å². The van der Waals surface area contributed by atoms with Crippen molar-refractivity contribution in [1.82, 2.24) is 19.9 Å². The standard InChI is InChI=1S/C13H21BrN4O3/c1-8(17(5)12(19)21-13(2,3)4)10-11(14)16-18(15-10)9-6-20-7-9/h8-9H,6-7H2,1-5H3. The average molecular weight is 361 g/mol. The van der Waals surface area contributed by atoms with E-state index in [2.05, 4.69) is 26.1 Å². The maximum absolute atomic E-state index is 12.1. The molecule has 1 aliphatic heterocycles. The van der Waals surface area contributed by atoms with E-state index >= 15 is 0 Å². The van der Waals surface area contributed by atoms with Crippen molar-refractivity contribution in [2.45, 2.75) is 45.4 Å².